The number of fused-ring (bicyclic) bond motifs is 4. The number of sulfonamides is 1. The van der Waals surface area contributed by atoms with E-state index in [0.717, 1.165) is 12.1 Å². The minimum Gasteiger partial charge on any atom is -0.342 e. The number of amides is 1. The van der Waals surface area contributed by atoms with Gasteiger partial charge in [0.15, 0.2) is 0 Å². The molecule has 2 aliphatic rings. The van der Waals surface area contributed by atoms with Gasteiger partial charge in [0.1, 0.15) is 16.7 Å². The van der Waals surface area contributed by atoms with Crippen LogP contribution in [0, 0.1) is 22.7 Å². The Morgan fingerprint density at radius 1 is 1.15 bits per heavy atom. The molecule has 1 fully saturated rings. The number of carbonyl (C=O) groups is 1. The predicted octanol–water partition coefficient (Wildman–Crippen LogP) is 2.90. The van der Waals surface area contributed by atoms with E-state index in [1.807, 2.05) is 31.7 Å². The van der Waals surface area contributed by atoms with E-state index < -0.39 is 15.6 Å². The summed E-state index contributed by atoms with van der Waals surface area (Å²) in [6.07, 6.45) is 1.38. The average Bonchev–Trinajstić information content (AvgIpc) is 2.74. The summed E-state index contributed by atoms with van der Waals surface area (Å²) in [6.45, 7) is 7.73. The van der Waals surface area contributed by atoms with Gasteiger partial charge in [0.2, 0.25) is 5.91 Å². The van der Waals surface area contributed by atoms with Crippen LogP contribution < -0.4 is 10.3 Å². The molecule has 2 atom stereocenters. The third-order valence-electron chi connectivity index (χ3n) is 6.18. The van der Waals surface area contributed by atoms with Crippen LogP contribution in [0.3, 0.4) is 0 Å². The number of pyridine rings is 1. The second-order valence-electron chi connectivity index (χ2n) is 10.1. The number of rotatable bonds is 4. The highest BCUT2D eigenvalue weighted by atomic mass is 32.2. The summed E-state index contributed by atoms with van der Waals surface area (Å²) >= 11 is 0. The van der Waals surface area contributed by atoms with Gasteiger partial charge in [0, 0.05) is 37.7 Å². The first-order valence-corrected chi connectivity index (χ1v) is 12.5. The van der Waals surface area contributed by atoms with Crippen molar-refractivity contribution in [2.75, 3.05) is 17.8 Å². The number of nitriles is 1. The van der Waals surface area contributed by atoms with Crippen molar-refractivity contribution in [2.24, 2.45) is 11.3 Å². The summed E-state index contributed by atoms with van der Waals surface area (Å²) < 4.78 is 29.8. The van der Waals surface area contributed by atoms with E-state index in [9.17, 15) is 23.3 Å². The maximum Gasteiger partial charge on any atom is 0.275 e. The molecule has 8 nitrogen and oxygen atoms in total. The van der Waals surface area contributed by atoms with Gasteiger partial charge < -0.3 is 9.47 Å². The standard InChI is InChI=1S/C24H28N4O4S/c1-24(2,3)11-22(29)27-13-16-10-18(15-27)20-9-8-19(23(30)28(20)14-16)26-33(31,32)21-7-5-4-6-17(21)12-25/h4-9,16,18,26H,10-11,13-15H2,1-3H3. The molecule has 3 heterocycles. The Hall–Kier alpha value is -3.12. The minimum atomic E-state index is -4.10. The van der Waals surface area contributed by atoms with Crippen LogP contribution in [0.5, 0.6) is 0 Å². The SMILES string of the molecule is CC(C)(C)CC(=O)N1CC2CC(C1)c1ccc(NS(=O)(=O)c3ccccc3C#N)c(=O)n1C2. The highest BCUT2D eigenvalue weighted by Gasteiger charge is 2.37. The fourth-order valence-electron chi connectivity index (χ4n) is 4.79. The van der Waals surface area contributed by atoms with Crippen molar-refractivity contribution >= 4 is 21.6 Å². The van der Waals surface area contributed by atoms with Crippen LogP contribution >= 0.6 is 0 Å². The maximum atomic E-state index is 13.2. The Morgan fingerprint density at radius 3 is 2.58 bits per heavy atom. The molecule has 1 aromatic heterocycles. The number of hydrogen-bond donors (Lipinski definition) is 1. The first-order valence-electron chi connectivity index (χ1n) is 11.0. The molecule has 4 rings (SSSR count). The van der Waals surface area contributed by atoms with E-state index >= 15 is 0 Å². The molecule has 2 unspecified atom stereocenters. The molecule has 2 aromatic rings. The van der Waals surface area contributed by atoms with Gasteiger partial charge in [-0.25, -0.2) is 8.42 Å². The lowest BCUT2D eigenvalue weighted by atomic mass is 9.82. The molecular weight excluding hydrogens is 440 g/mol. The molecule has 2 bridgehead atoms. The molecular formula is C24H28N4O4S. The molecule has 33 heavy (non-hydrogen) atoms. The normalized spacial score (nSPS) is 20.0. The van der Waals surface area contributed by atoms with Crippen LogP contribution in [-0.2, 0) is 21.4 Å². The zero-order valence-electron chi connectivity index (χ0n) is 19.0. The van der Waals surface area contributed by atoms with Crippen molar-refractivity contribution in [2.45, 2.75) is 51.0 Å². The number of likely N-dealkylation sites (tertiary alicyclic amines) is 1. The number of hydrogen-bond acceptors (Lipinski definition) is 5. The van der Waals surface area contributed by atoms with E-state index in [2.05, 4.69) is 4.72 Å². The Bertz CT molecular complexity index is 1300. The van der Waals surface area contributed by atoms with Crippen LogP contribution in [0.25, 0.3) is 0 Å². The van der Waals surface area contributed by atoms with Crippen molar-refractivity contribution in [3.63, 3.8) is 0 Å². The highest BCUT2D eigenvalue weighted by Crippen LogP contribution is 2.36. The molecule has 174 valence electrons. The minimum absolute atomic E-state index is 0.0117. The Balaban J connectivity index is 1.61. The van der Waals surface area contributed by atoms with Crippen molar-refractivity contribution in [3.8, 4) is 6.07 Å². The van der Waals surface area contributed by atoms with E-state index in [-0.39, 0.29) is 39.3 Å². The lowest BCUT2D eigenvalue weighted by molar-refractivity contribution is -0.135. The number of piperidine rings is 1. The largest absolute Gasteiger partial charge is 0.342 e. The number of anilines is 1. The number of carbonyl (C=O) groups excluding carboxylic acids is 1. The lowest BCUT2D eigenvalue weighted by Gasteiger charge is -2.43. The molecule has 0 spiro atoms. The third kappa shape index (κ3) is 4.67. The van der Waals surface area contributed by atoms with Crippen LogP contribution in [-0.4, -0.2) is 36.9 Å². The third-order valence-corrected chi connectivity index (χ3v) is 7.60. The van der Waals surface area contributed by atoms with E-state index in [1.165, 1.54) is 24.3 Å². The maximum absolute atomic E-state index is 13.2. The molecule has 9 heteroatoms. The van der Waals surface area contributed by atoms with Crippen LogP contribution in [0.4, 0.5) is 5.69 Å². The van der Waals surface area contributed by atoms with E-state index in [0.29, 0.717) is 26.1 Å². The molecule has 1 N–H and O–H groups in total. The smallest absolute Gasteiger partial charge is 0.275 e. The van der Waals surface area contributed by atoms with Crippen molar-refractivity contribution in [1.29, 1.82) is 5.26 Å². The summed E-state index contributed by atoms with van der Waals surface area (Å²) in [5.74, 6) is 0.316. The summed E-state index contributed by atoms with van der Waals surface area (Å²) in [7, 11) is -4.10. The molecule has 1 amide bonds. The first-order chi connectivity index (χ1) is 15.5. The molecule has 2 aliphatic heterocycles. The van der Waals surface area contributed by atoms with E-state index in [1.54, 1.807) is 16.7 Å². The zero-order chi connectivity index (χ0) is 24.0. The molecule has 1 saturated heterocycles. The van der Waals surface area contributed by atoms with Gasteiger partial charge in [-0.05, 0) is 42.0 Å². The second-order valence-corrected chi connectivity index (χ2v) is 11.8. The number of nitrogens with one attached hydrogen (secondary N) is 1. The number of nitrogens with zero attached hydrogens (tertiary/aromatic N) is 3. The van der Waals surface area contributed by atoms with E-state index in [4.69, 9.17) is 0 Å². The molecule has 0 aliphatic carbocycles. The Morgan fingerprint density at radius 2 is 1.88 bits per heavy atom. The predicted molar refractivity (Wildman–Crippen MR) is 124 cm³/mol. The van der Waals surface area contributed by atoms with Crippen molar-refractivity contribution in [1.82, 2.24) is 9.47 Å². The molecule has 0 radical (unpaired) electrons. The second kappa shape index (κ2) is 8.34. The first kappa shape index (κ1) is 23.1. The molecule has 0 saturated carbocycles. The summed E-state index contributed by atoms with van der Waals surface area (Å²) in [5, 5.41) is 9.24. The fraction of sp³-hybridized carbons (Fsp3) is 0.458. The zero-order valence-corrected chi connectivity index (χ0v) is 19.9. The lowest BCUT2D eigenvalue weighted by Crippen LogP contribution is -2.49. The van der Waals surface area contributed by atoms with Crippen LogP contribution in [0.1, 0.15) is 50.8 Å². The van der Waals surface area contributed by atoms with Gasteiger partial charge in [-0.15, -0.1) is 0 Å². The summed E-state index contributed by atoms with van der Waals surface area (Å²) in [6, 6.07) is 11.0. The summed E-state index contributed by atoms with van der Waals surface area (Å²) in [5.41, 5.74) is 0.290. The van der Waals surface area contributed by atoms with Gasteiger partial charge in [-0.2, -0.15) is 5.26 Å². The van der Waals surface area contributed by atoms with Crippen LogP contribution in [0.2, 0.25) is 0 Å². The number of benzene rings is 1. The fourth-order valence-corrected chi connectivity index (χ4v) is 6.00. The van der Waals surface area contributed by atoms with Gasteiger partial charge in [-0.1, -0.05) is 32.9 Å². The summed E-state index contributed by atoms with van der Waals surface area (Å²) in [4.78, 5) is 27.7. The highest BCUT2D eigenvalue weighted by molar-refractivity contribution is 7.92. The van der Waals surface area contributed by atoms with Gasteiger partial charge in [0.25, 0.3) is 15.6 Å². The van der Waals surface area contributed by atoms with Gasteiger partial charge in [-0.3, -0.25) is 14.3 Å². The quantitative estimate of drug-likeness (QED) is 0.741. The van der Waals surface area contributed by atoms with Crippen LogP contribution in [0.15, 0.2) is 46.1 Å². The molecule has 1 aromatic carbocycles. The average molecular weight is 469 g/mol. The Labute approximate surface area is 193 Å². The van der Waals surface area contributed by atoms with Crippen molar-refractivity contribution < 1.29 is 13.2 Å². The number of aromatic nitrogens is 1. The Kier molecular flexibility index (Phi) is 5.83. The van der Waals surface area contributed by atoms with Crippen molar-refractivity contribution in [3.05, 3.63) is 58.0 Å². The van der Waals surface area contributed by atoms with Gasteiger partial charge in [0.05, 0.1) is 5.56 Å². The monoisotopic (exact) mass is 468 g/mol. The topological polar surface area (TPSA) is 112 Å². The van der Waals surface area contributed by atoms with Gasteiger partial charge >= 0.3 is 0 Å².